The van der Waals surface area contributed by atoms with E-state index in [2.05, 4.69) is 24.9 Å². The summed E-state index contributed by atoms with van der Waals surface area (Å²) in [7, 11) is 3.28. The zero-order valence-corrected chi connectivity index (χ0v) is 15.6. The molecule has 2 unspecified atom stereocenters. The van der Waals surface area contributed by atoms with Crippen LogP contribution in [0.5, 0.6) is 5.75 Å². The van der Waals surface area contributed by atoms with Crippen molar-refractivity contribution in [2.75, 3.05) is 31.6 Å². The largest absolute Gasteiger partial charge is 0.494 e. The lowest BCUT2D eigenvalue weighted by Crippen LogP contribution is -2.48. The second kappa shape index (κ2) is 7.38. The fourth-order valence-corrected chi connectivity index (χ4v) is 4.26. The minimum atomic E-state index is -2.55. The highest BCUT2D eigenvalue weighted by Crippen LogP contribution is 2.34. The van der Waals surface area contributed by atoms with Crippen molar-refractivity contribution in [2.45, 2.75) is 31.9 Å². The molecule has 2 aliphatic rings. The van der Waals surface area contributed by atoms with Gasteiger partial charge in [0, 0.05) is 44.5 Å². The van der Waals surface area contributed by atoms with Crippen molar-refractivity contribution in [1.82, 2.24) is 24.6 Å². The molecule has 0 N–H and O–H groups in total. The van der Waals surface area contributed by atoms with Gasteiger partial charge in [0.25, 0.3) is 6.43 Å². The van der Waals surface area contributed by atoms with Crippen LogP contribution >= 0.6 is 0 Å². The smallest absolute Gasteiger partial charge is 0.282 e. The van der Waals surface area contributed by atoms with Gasteiger partial charge >= 0.3 is 0 Å². The molecule has 27 heavy (non-hydrogen) atoms. The molecule has 2 aromatic heterocycles. The van der Waals surface area contributed by atoms with Crippen molar-refractivity contribution in [3.63, 3.8) is 0 Å². The van der Waals surface area contributed by atoms with E-state index >= 15 is 0 Å². The maximum atomic E-state index is 13.3. The molecule has 2 aromatic rings. The van der Waals surface area contributed by atoms with Gasteiger partial charge in [-0.25, -0.2) is 18.7 Å². The fraction of sp³-hybridized carbons (Fsp3) is 0.611. The Morgan fingerprint density at radius 3 is 2.67 bits per heavy atom. The third-order valence-electron chi connectivity index (χ3n) is 5.63. The van der Waals surface area contributed by atoms with E-state index in [9.17, 15) is 8.78 Å². The zero-order valence-electron chi connectivity index (χ0n) is 15.6. The Hall–Kier alpha value is -2.29. The number of ether oxygens (including phenoxy) is 1. The normalized spacial score (nSPS) is 23.1. The van der Waals surface area contributed by atoms with Crippen molar-refractivity contribution in [3.8, 4) is 5.75 Å². The van der Waals surface area contributed by atoms with E-state index in [0.29, 0.717) is 35.8 Å². The Balaban J connectivity index is 1.48. The predicted molar refractivity (Wildman–Crippen MR) is 95.9 cm³/mol. The highest BCUT2D eigenvalue weighted by molar-refractivity contribution is 5.33. The number of hydrogen-bond donors (Lipinski definition) is 0. The van der Waals surface area contributed by atoms with Crippen LogP contribution in [0.4, 0.5) is 14.7 Å². The van der Waals surface area contributed by atoms with E-state index in [1.165, 1.54) is 4.68 Å². The van der Waals surface area contributed by atoms with Gasteiger partial charge < -0.3 is 9.64 Å². The van der Waals surface area contributed by atoms with Gasteiger partial charge in [-0.1, -0.05) is 0 Å². The van der Waals surface area contributed by atoms with E-state index in [0.717, 1.165) is 32.5 Å². The van der Waals surface area contributed by atoms with Gasteiger partial charge in [-0.15, -0.1) is 0 Å². The van der Waals surface area contributed by atoms with E-state index in [1.54, 1.807) is 32.7 Å². The molecule has 0 aliphatic carbocycles. The number of fused-ring (bicyclic) bond motifs is 1. The van der Waals surface area contributed by atoms with Gasteiger partial charge in [-0.05, 0) is 25.3 Å². The number of aromatic nitrogens is 4. The SMILES string of the molecule is COc1cnc(N2CCC3CCN(Cc4cn(C)nc4C(F)F)C3C2)nc1. The summed E-state index contributed by atoms with van der Waals surface area (Å²) in [6.07, 6.45) is 4.67. The van der Waals surface area contributed by atoms with Crippen LogP contribution in [0.25, 0.3) is 0 Å². The first kappa shape index (κ1) is 18.1. The number of methoxy groups -OCH3 is 1. The molecule has 0 radical (unpaired) electrons. The standard InChI is InChI=1S/C18H24F2N6O/c1-24-9-13(16(23-24)17(19)20)10-25-5-3-12-4-6-26(11-15(12)25)18-21-7-14(27-2)8-22-18/h7-9,12,15,17H,3-6,10-11H2,1-2H3. The lowest BCUT2D eigenvalue weighted by molar-refractivity contribution is 0.140. The molecule has 2 aliphatic heterocycles. The van der Waals surface area contributed by atoms with Gasteiger partial charge in [-0.3, -0.25) is 9.58 Å². The average molecular weight is 378 g/mol. The van der Waals surface area contributed by atoms with Gasteiger partial charge in [0.05, 0.1) is 19.5 Å². The number of rotatable bonds is 5. The van der Waals surface area contributed by atoms with Gasteiger partial charge in [-0.2, -0.15) is 5.10 Å². The molecule has 4 heterocycles. The van der Waals surface area contributed by atoms with E-state index < -0.39 is 6.43 Å². The number of hydrogen-bond acceptors (Lipinski definition) is 6. The highest BCUT2D eigenvalue weighted by atomic mass is 19.3. The molecule has 2 fully saturated rings. The zero-order chi connectivity index (χ0) is 19.0. The van der Waals surface area contributed by atoms with Crippen LogP contribution < -0.4 is 9.64 Å². The van der Waals surface area contributed by atoms with Crippen LogP contribution in [-0.4, -0.2) is 57.4 Å². The minimum absolute atomic E-state index is 0.105. The second-order valence-electron chi connectivity index (χ2n) is 7.26. The number of anilines is 1. The van der Waals surface area contributed by atoms with Crippen LogP contribution in [0.3, 0.4) is 0 Å². The van der Waals surface area contributed by atoms with Crippen LogP contribution in [0.2, 0.25) is 0 Å². The van der Waals surface area contributed by atoms with E-state index in [1.807, 2.05) is 0 Å². The molecule has 0 amide bonds. The number of aryl methyl sites for hydroxylation is 1. The highest BCUT2D eigenvalue weighted by Gasteiger charge is 2.39. The maximum absolute atomic E-state index is 13.3. The predicted octanol–water partition coefficient (Wildman–Crippen LogP) is 2.26. The second-order valence-corrected chi connectivity index (χ2v) is 7.26. The minimum Gasteiger partial charge on any atom is -0.494 e. The lowest BCUT2D eigenvalue weighted by atomic mass is 9.92. The summed E-state index contributed by atoms with van der Waals surface area (Å²) in [5.41, 5.74) is 0.512. The maximum Gasteiger partial charge on any atom is 0.282 e. The molecule has 4 rings (SSSR count). The van der Waals surface area contributed by atoms with Crippen molar-refractivity contribution >= 4 is 5.95 Å². The van der Waals surface area contributed by atoms with Crippen molar-refractivity contribution in [2.24, 2.45) is 13.0 Å². The van der Waals surface area contributed by atoms with Crippen molar-refractivity contribution < 1.29 is 13.5 Å². The van der Waals surface area contributed by atoms with Crippen LogP contribution in [0, 0.1) is 5.92 Å². The molecule has 0 aromatic carbocycles. The first-order chi connectivity index (χ1) is 13.0. The van der Waals surface area contributed by atoms with Crippen molar-refractivity contribution in [1.29, 1.82) is 0 Å². The van der Waals surface area contributed by atoms with Crippen LogP contribution in [-0.2, 0) is 13.6 Å². The summed E-state index contributed by atoms with van der Waals surface area (Å²) in [5.74, 6) is 1.91. The molecular weight excluding hydrogens is 354 g/mol. The van der Waals surface area contributed by atoms with Crippen LogP contribution in [0.1, 0.15) is 30.5 Å². The summed E-state index contributed by atoms with van der Waals surface area (Å²) < 4.78 is 33.1. The molecule has 7 nitrogen and oxygen atoms in total. The van der Waals surface area contributed by atoms with Crippen molar-refractivity contribution in [3.05, 3.63) is 29.8 Å². The molecule has 2 atom stereocenters. The first-order valence-corrected chi connectivity index (χ1v) is 9.20. The summed E-state index contributed by atoms with van der Waals surface area (Å²) in [5, 5.41) is 3.93. The number of piperidine rings is 1. The Kier molecular flexibility index (Phi) is 4.94. The Labute approximate surface area is 157 Å². The summed E-state index contributed by atoms with van der Waals surface area (Å²) in [6.45, 7) is 3.15. The molecule has 146 valence electrons. The molecular formula is C18H24F2N6O. The van der Waals surface area contributed by atoms with Gasteiger partial charge in [0.1, 0.15) is 5.69 Å². The third-order valence-corrected chi connectivity index (χ3v) is 5.63. The Morgan fingerprint density at radius 1 is 1.22 bits per heavy atom. The Morgan fingerprint density at radius 2 is 1.96 bits per heavy atom. The molecule has 0 saturated carbocycles. The fourth-order valence-electron chi connectivity index (χ4n) is 4.26. The first-order valence-electron chi connectivity index (χ1n) is 9.20. The third kappa shape index (κ3) is 3.60. The molecule has 0 bridgehead atoms. The lowest BCUT2D eigenvalue weighted by Gasteiger charge is -2.38. The van der Waals surface area contributed by atoms with Gasteiger partial charge in [0.15, 0.2) is 5.75 Å². The van der Waals surface area contributed by atoms with Crippen LogP contribution in [0.15, 0.2) is 18.6 Å². The monoisotopic (exact) mass is 378 g/mol. The average Bonchev–Trinajstić information content (AvgIpc) is 3.25. The van der Waals surface area contributed by atoms with Gasteiger partial charge in [0.2, 0.25) is 5.95 Å². The van der Waals surface area contributed by atoms with E-state index in [4.69, 9.17) is 4.74 Å². The summed E-state index contributed by atoms with van der Waals surface area (Å²) in [6, 6.07) is 0.315. The summed E-state index contributed by atoms with van der Waals surface area (Å²) >= 11 is 0. The van der Waals surface area contributed by atoms with E-state index in [-0.39, 0.29) is 5.69 Å². The topological polar surface area (TPSA) is 59.3 Å². The molecule has 2 saturated heterocycles. The number of nitrogens with zero attached hydrogens (tertiary/aromatic N) is 6. The summed E-state index contributed by atoms with van der Waals surface area (Å²) in [4.78, 5) is 13.3. The number of alkyl halides is 2. The molecule has 9 heteroatoms. The quantitative estimate of drug-likeness (QED) is 0.796. The number of halogens is 2. The number of likely N-dealkylation sites (tertiary alicyclic amines) is 1. The molecule has 0 spiro atoms. The Bertz CT molecular complexity index is 781.